The molecule has 2 rings (SSSR count). The van der Waals surface area contributed by atoms with E-state index in [-0.39, 0.29) is 4.90 Å². The van der Waals surface area contributed by atoms with Crippen LogP contribution >= 0.6 is 0 Å². The van der Waals surface area contributed by atoms with Crippen LogP contribution in [0.25, 0.3) is 10.8 Å². The van der Waals surface area contributed by atoms with Crippen molar-refractivity contribution in [2.45, 2.75) is 63.2 Å². The summed E-state index contributed by atoms with van der Waals surface area (Å²) in [7, 11) is -4.21. The van der Waals surface area contributed by atoms with Gasteiger partial charge in [-0.3, -0.25) is 4.55 Å². The fraction of sp³-hybridized carbons (Fsp3) is 0.450. The molecule has 5 heteroatoms. The maximum Gasteiger partial charge on any atom is 0.295 e. The molecule has 2 aromatic rings. The number of aryl methyl sites for hydroxylation is 1. The zero-order valence-electron chi connectivity index (χ0n) is 14.9. The number of carbonyl (C=O) groups is 1. The molecule has 0 atom stereocenters. The largest absolute Gasteiger partial charge is 0.307 e. The van der Waals surface area contributed by atoms with Gasteiger partial charge in [0, 0.05) is 5.39 Å². The maximum absolute atomic E-state index is 11.8. The minimum atomic E-state index is -4.21. The van der Waals surface area contributed by atoms with Gasteiger partial charge < -0.3 is 4.79 Å². The molecule has 0 radical (unpaired) electrons. The van der Waals surface area contributed by atoms with E-state index in [0.717, 1.165) is 23.8 Å². The molecule has 0 amide bonds. The Morgan fingerprint density at radius 1 is 0.880 bits per heavy atom. The summed E-state index contributed by atoms with van der Waals surface area (Å²) in [6.07, 6.45) is 8.99. The van der Waals surface area contributed by atoms with Crippen LogP contribution in [-0.2, 0) is 21.3 Å². The number of hydrogen-bond donors (Lipinski definition) is 1. The Balaban J connectivity index is 0.00000151. The number of unbranched alkanes of at least 4 members (excludes halogenated alkanes) is 6. The normalized spacial score (nSPS) is 11.1. The molecule has 0 saturated carbocycles. The predicted molar refractivity (Wildman–Crippen MR) is 103 cm³/mol. The van der Waals surface area contributed by atoms with Crippen molar-refractivity contribution < 1.29 is 17.8 Å². The first-order valence-electron chi connectivity index (χ1n) is 8.81. The van der Waals surface area contributed by atoms with E-state index in [4.69, 9.17) is 4.79 Å². The lowest BCUT2D eigenvalue weighted by Gasteiger charge is -2.11. The van der Waals surface area contributed by atoms with Crippen LogP contribution in [-0.4, -0.2) is 19.8 Å². The second kappa shape index (κ2) is 11.0. The molecule has 0 bridgehead atoms. The zero-order valence-corrected chi connectivity index (χ0v) is 15.7. The minimum absolute atomic E-state index is 0.0848. The zero-order chi connectivity index (χ0) is 18.7. The first-order valence-corrected chi connectivity index (χ1v) is 10.2. The fourth-order valence-electron chi connectivity index (χ4n) is 3.06. The van der Waals surface area contributed by atoms with Crippen LogP contribution in [0.3, 0.4) is 0 Å². The van der Waals surface area contributed by atoms with Gasteiger partial charge in [-0.15, -0.1) is 0 Å². The van der Waals surface area contributed by atoms with E-state index in [0.29, 0.717) is 11.8 Å². The van der Waals surface area contributed by atoms with E-state index < -0.39 is 10.1 Å². The van der Waals surface area contributed by atoms with Crippen LogP contribution in [0.5, 0.6) is 0 Å². The molecular formula is C20H28O4S. The van der Waals surface area contributed by atoms with Crippen molar-refractivity contribution in [1.29, 1.82) is 0 Å². The van der Waals surface area contributed by atoms with Gasteiger partial charge in [0.25, 0.3) is 10.1 Å². The summed E-state index contributed by atoms with van der Waals surface area (Å²) in [4.78, 5) is 8.08. The summed E-state index contributed by atoms with van der Waals surface area (Å²) >= 11 is 0. The van der Waals surface area contributed by atoms with Crippen LogP contribution < -0.4 is 0 Å². The Bertz CT molecular complexity index is 753. The Labute approximate surface area is 151 Å². The highest BCUT2D eigenvalue weighted by Gasteiger charge is 2.18. The van der Waals surface area contributed by atoms with Gasteiger partial charge in [0.15, 0.2) is 0 Å². The quantitative estimate of drug-likeness (QED) is 0.491. The average molecular weight is 365 g/mol. The maximum atomic E-state index is 11.8. The molecule has 0 saturated heterocycles. The van der Waals surface area contributed by atoms with Gasteiger partial charge in [0.2, 0.25) is 0 Å². The standard InChI is InChI=1S/C19H26O3S.CH2O/c1-2-3-4-5-6-7-8-12-17-15-14-16-11-9-10-13-18(16)19(17)23(20,21)22;1-2/h9-11,13-15H,2-8,12H2,1H3,(H,20,21,22);1H2. The Hall–Kier alpha value is -1.72. The number of benzene rings is 2. The smallest absolute Gasteiger partial charge is 0.295 e. The first-order chi connectivity index (χ1) is 12.0. The van der Waals surface area contributed by atoms with Gasteiger partial charge in [-0.25, -0.2) is 0 Å². The summed E-state index contributed by atoms with van der Waals surface area (Å²) in [5.41, 5.74) is 0.722. The van der Waals surface area contributed by atoms with Gasteiger partial charge in [0.05, 0.1) is 0 Å². The minimum Gasteiger partial charge on any atom is -0.307 e. The summed E-state index contributed by atoms with van der Waals surface area (Å²) in [6, 6.07) is 11.1. The highest BCUT2D eigenvalue weighted by Crippen LogP contribution is 2.28. The summed E-state index contributed by atoms with van der Waals surface area (Å²) in [6.45, 7) is 4.20. The Morgan fingerprint density at radius 3 is 2.12 bits per heavy atom. The van der Waals surface area contributed by atoms with Gasteiger partial charge >= 0.3 is 0 Å². The van der Waals surface area contributed by atoms with Crippen molar-refractivity contribution >= 4 is 27.7 Å². The van der Waals surface area contributed by atoms with Gasteiger partial charge in [-0.2, -0.15) is 8.42 Å². The molecule has 1 N–H and O–H groups in total. The molecule has 138 valence electrons. The SMILES string of the molecule is C=O.CCCCCCCCCc1ccc2ccccc2c1S(=O)(=O)O. The number of fused-ring (bicyclic) bond motifs is 1. The van der Waals surface area contributed by atoms with Gasteiger partial charge in [-0.05, 0) is 23.8 Å². The number of hydrogen-bond acceptors (Lipinski definition) is 3. The van der Waals surface area contributed by atoms with Crippen molar-refractivity contribution in [2.24, 2.45) is 0 Å². The van der Waals surface area contributed by atoms with Crippen molar-refractivity contribution in [1.82, 2.24) is 0 Å². The van der Waals surface area contributed by atoms with Gasteiger partial charge in [-0.1, -0.05) is 81.8 Å². The molecule has 0 spiro atoms. The molecule has 0 heterocycles. The van der Waals surface area contributed by atoms with Gasteiger partial charge in [0.1, 0.15) is 11.7 Å². The molecule has 0 unspecified atom stereocenters. The Kier molecular flexibility index (Phi) is 9.39. The van der Waals surface area contributed by atoms with Crippen LogP contribution in [0.1, 0.15) is 57.4 Å². The highest BCUT2D eigenvalue weighted by atomic mass is 32.2. The van der Waals surface area contributed by atoms with E-state index in [2.05, 4.69) is 6.92 Å². The lowest BCUT2D eigenvalue weighted by atomic mass is 10.0. The van der Waals surface area contributed by atoms with E-state index in [1.54, 1.807) is 12.1 Å². The summed E-state index contributed by atoms with van der Waals surface area (Å²) in [5, 5.41) is 1.44. The Morgan fingerprint density at radius 2 is 1.48 bits per heavy atom. The second-order valence-electron chi connectivity index (χ2n) is 6.12. The average Bonchev–Trinajstić information content (AvgIpc) is 2.61. The third kappa shape index (κ3) is 6.59. The molecule has 4 nitrogen and oxygen atoms in total. The summed E-state index contributed by atoms with van der Waals surface area (Å²) < 4.78 is 33.3. The molecular weight excluding hydrogens is 336 g/mol. The van der Waals surface area contributed by atoms with Crippen LogP contribution in [0.2, 0.25) is 0 Å². The number of carbonyl (C=O) groups excluding carboxylic acids is 1. The fourth-order valence-corrected chi connectivity index (χ4v) is 4.03. The third-order valence-electron chi connectivity index (χ3n) is 4.27. The predicted octanol–water partition coefficient (Wildman–Crippen LogP) is 5.19. The van der Waals surface area contributed by atoms with E-state index in [1.807, 2.05) is 31.1 Å². The van der Waals surface area contributed by atoms with Crippen molar-refractivity contribution in [3.05, 3.63) is 42.0 Å². The lowest BCUT2D eigenvalue weighted by Crippen LogP contribution is -2.04. The monoisotopic (exact) mass is 364 g/mol. The van der Waals surface area contributed by atoms with Crippen LogP contribution in [0.15, 0.2) is 41.3 Å². The van der Waals surface area contributed by atoms with Crippen molar-refractivity contribution in [2.75, 3.05) is 0 Å². The molecule has 0 aliphatic carbocycles. The van der Waals surface area contributed by atoms with Crippen LogP contribution in [0.4, 0.5) is 0 Å². The van der Waals surface area contributed by atoms with Crippen molar-refractivity contribution in [3.63, 3.8) is 0 Å². The molecule has 25 heavy (non-hydrogen) atoms. The molecule has 0 fully saturated rings. The van der Waals surface area contributed by atoms with E-state index in [9.17, 15) is 13.0 Å². The summed E-state index contributed by atoms with van der Waals surface area (Å²) in [5.74, 6) is 0. The second-order valence-corrected chi connectivity index (χ2v) is 7.48. The van der Waals surface area contributed by atoms with E-state index in [1.165, 1.54) is 32.1 Å². The van der Waals surface area contributed by atoms with E-state index >= 15 is 0 Å². The highest BCUT2D eigenvalue weighted by molar-refractivity contribution is 7.86. The molecule has 0 aromatic heterocycles. The number of rotatable bonds is 9. The van der Waals surface area contributed by atoms with Crippen LogP contribution in [0, 0.1) is 0 Å². The van der Waals surface area contributed by atoms with Crippen molar-refractivity contribution in [3.8, 4) is 0 Å². The molecule has 0 aliphatic rings. The topological polar surface area (TPSA) is 71.4 Å². The first kappa shape index (κ1) is 21.3. The lowest BCUT2D eigenvalue weighted by molar-refractivity contribution is -0.0980. The molecule has 0 aliphatic heterocycles. The molecule has 2 aromatic carbocycles. The third-order valence-corrected chi connectivity index (χ3v) is 5.27.